The summed E-state index contributed by atoms with van der Waals surface area (Å²) in [5.74, 6) is -0.713. The normalized spacial score (nSPS) is 18.3. The van der Waals surface area contributed by atoms with Crippen molar-refractivity contribution in [3.05, 3.63) is 70.6 Å². The van der Waals surface area contributed by atoms with Crippen LogP contribution in [-0.2, 0) is 16.2 Å². The number of alkyl halides is 3. The first-order valence-corrected chi connectivity index (χ1v) is 10.6. The lowest BCUT2D eigenvalue weighted by molar-refractivity contribution is -0.137. The van der Waals surface area contributed by atoms with E-state index >= 15 is 0 Å². The van der Waals surface area contributed by atoms with Crippen LogP contribution in [0.2, 0.25) is 0 Å². The number of nitriles is 2. The molecule has 1 atom stereocenters. The molecular weight excluding hydrogens is 450 g/mol. The van der Waals surface area contributed by atoms with Gasteiger partial charge in [0.15, 0.2) is 0 Å². The topological polar surface area (TPSA) is 94.2 Å². The molecule has 166 valence electrons. The average molecular weight is 465 g/mol. The third-order valence-electron chi connectivity index (χ3n) is 4.90. The molecule has 1 fully saturated rings. The minimum Gasteiger partial charge on any atom is -0.485 e. The largest absolute Gasteiger partial charge is 0.485 e. The molecule has 1 unspecified atom stereocenters. The maximum Gasteiger partial charge on any atom is 0.416 e. The van der Waals surface area contributed by atoms with Gasteiger partial charge in [0.05, 0.1) is 28.1 Å². The predicted octanol–water partition coefficient (Wildman–Crippen LogP) is 3.99. The quantitative estimate of drug-likeness (QED) is 0.503. The maximum atomic E-state index is 13.9. The van der Waals surface area contributed by atoms with Gasteiger partial charge in [-0.25, -0.2) is 12.8 Å². The van der Waals surface area contributed by atoms with Gasteiger partial charge in [0.2, 0.25) is 10.0 Å². The number of allylic oxidation sites excluding steroid dienone is 1. The van der Waals surface area contributed by atoms with Gasteiger partial charge >= 0.3 is 6.18 Å². The summed E-state index contributed by atoms with van der Waals surface area (Å²) in [5.41, 5.74) is -1.39. The first-order valence-electron chi connectivity index (χ1n) is 9.14. The molecule has 0 saturated carbocycles. The van der Waals surface area contributed by atoms with Crippen molar-refractivity contribution in [3.63, 3.8) is 0 Å². The maximum absolute atomic E-state index is 13.9. The third-order valence-corrected chi connectivity index (χ3v) is 6.77. The number of ether oxygens (including phenoxy) is 1. The highest BCUT2D eigenvalue weighted by Gasteiger charge is 2.39. The molecule has 1 aliphatic rings. The van der Waals surface area contributed by atoms with E-state index in [1.807, 2.05) is 0 Å². The van der Waals surface area contributed by atoms with Crippen LogP contribution in [0.25, 0.3) is 0 Å². The van der Waals surface area contributed by atoms with E-state index < -0.39 is 44.1 Å². The second-order valence-electron chi connectivity index (χ2n) is 6.84. The zero-order chi connectivity index (χ0) is 23.7. The molecule has 0 aromatic heterocycles. The molecular formula is C21H15F4N3O3S. The molecule has 0 aliphatic carbocycles. The molecule has 11 heteroatoms. The van der Waals surface area contributed by atoms with Gasteiger partial charge in [-0.1, -0.05) is 6.08 Å². The Hall–Kier alpha value is -3.41. The average Bonchev–Trinajstić information content (AvgIpc) is 3.16. The molecule has 1 aliphatic heterocycles. The Morgan fingerprint density at radius 2 is 1.81 bits per heavy atom. The molecule has 1 heterocycles. The van der Waals surface area contributed by atoms with Crippen LogP contribution in [0.1, 0.15) is 23.6 Å². The lowest BCUT2D eigenvalue weighted by Crippen LogP contribution is -2.31. The SMILES string of the molecule is CC=C1CN(S(=O)(=O)c2ccc(C(F)(F)F)cc2C#N)CC1Oc1ccc(C#N)c(F)c1. The Bertz CT molecular complexity index is 1270. The number of benzene rings is 2. The summed E-state index contributed by atoms with van der Waals surface area (Å²) < 4.78 is 85.5. The molecule has 0 radical (unpaired) electrons. The van der Waals surface area contributed by atoms with Gasteiger partial charge in [0, 0.05) is 12.6 Å². The number of sulfonamides is 1. The van der Waals surface area contributed by atoms with Crippen molar-refractivity contribution in [1.82, 2.24) is 4.31 Å². The second-order valence-corrected chi connectivity index (χ2v) is 8.75. The summed E-state index contributed by atoms with van der Waals surface area (Å²) in [7, 11) is -4.33. The fourth-order valence-electron chi connectivity index (χ4n) is 3.23. The fourth-order valence-corrected chi connectivity index (χ4v) is 4.78. The summed E-state index contributed by atoms with van der Waals surface area (Å²) >= 11 is 0. The molecule has 6 nitrogen and oxygen atoms in total. The van der Waals surface area contributed by atoms with Crippen LogP contribution in [0, 0.1) is 28.5 Å². The standard InChI is InChI=1S/C21H15F4N3O3S/c1-2-13-11-28(12-19(13)31-17-5-3-14(9-26)18(22)8-17)32(29,30)20-6-4-16(21(23,24)25)7-15(20)10-27/h2-8,19H,11-12H2,1H3. The lowest BCUT2D eigenvalue weighted by Gasteiger charge is -2.18. The highest BCUT2D eigenvalue weighted by molar-refractivity contribution is 7.89. The number of hydrogen-bond acceptors (Lipinski definition) is 5. The van der Waals surface area contributed by atoms with E-state index in [-0.39, 0.29) is 24.4 Å². The molecule has 0 N–H and O–H groups in total. The van der Waals surface area contributed by atoms with Crippen molar-refractivity contribution in [2.24, 2.45) is 0 Å². The number of rotatable bonds is 4. The molecule has 1 saturated heterocycles. The Morgan fingerprint density at radius 1 is 1.12 bits per heavy atom. The van der Waals surface area contributed by atoms with Crippen LogP contribution >= 0.6 is 0 Å². The van der Waals surface area contributed by atoms with Crippen LogP contribution in [0.3, 0.4) is 0 Å². The van der Waals surface area contributed by atoms with Crippen LogP contribution in [0.5, 0.6) is 5.75 Å². The van der Waals surface area contributed by atoms with Gasteiger partial charge in [-0.2, -0.15) is 28.0 Å². The van der Waals surface area contributed by atoms with E-state index in [1.165, 1.54) is 18.2 Å². The van der Waals surface area contributed by atoms with Crippen molar-refractivity contribution in [3.8, 4) is 17.9 Å². The van der Waals surface area contributed by atoms with Crippen LogP contribution < -0.4 is 4.74 Å². The van der Waals surface area contributed by atoms with Gasteiger partial charge in [-0.05, 0) is 42.8 Å². The predicted molar refractivity (Wildman–Crippen MR) is 104 cm³/mol. The minimum absolute atomic E-state index is 0.0809. The van der Waals surface area contributed by atoms with E-state index in [0.717, 1.165) is 16.4 Å². The van der Waals surface area contributed by atoms with E-state index in [1.54, 1.807) is 19.1 Å². The zero-order valence-corrected chi connectivity index (χ0v) is 17.3. The molecule has 2 aromatic carbocycles. The highest BCUT2D eigenvalue weighted by Crippen LogP contribution is 2.34. The smallest absolute Gasteiger partial charge is 0.416 e. The van der Waals surface area contributed by atoms with E-state index in [0.29, 0.717) is 17.7 Å². The van der Waals surface area contributed by atoms with Crippen molar-refractivity contribution < 1.29 is 30.7 Å². The molecule has 32 heavy (non-hydrogen) atoms. The van der Waals surface area contributed by atoms with Crippen molar-refractivity contribution in [1.29, 1.82) is 10.5 Å². The molecule has 3 rings (SSSR count). The van der Waals surface area contributed by atoms with E-state index in [9.17, 15) is 31.2 Å². The monoisotopic (exact) mass is 465 g/mol. The van der Waals surface area contributed by atoms with Gasteiger partial charge in [-0.3, -0.25) is 0 Å². The van der Waals surface area contributed by atoms with Gasteiger partial charge in [0.1, 0.15) is 29.8 Å². The minimum atomic E-state index is -4.73. The Balaban J connectivity index is 1.90. The van der Waals surface area contributed by atoms with Gasteiger partial charge in [-0.15, -0.1) is 0 Å². The first kappa shape index (κ1) is 23.3. The Labute approximate surface area is 181 Å². The zero-order valence-electron chi connectivity index (χ0n) is 16.5. The van der Waals surface area contributed by atoms with Gasteiger partial charge < -0.3 is 4.74 Å². The Kier molecular flexibility index (Phi) is 6.26. The highest BCUT2D eigenvalue weighted by atomic mass is 32.2. The van der Waals surface area contributed by atoms with Crippen LogP contribution in [-0.4, -0.2) is 31.9 Å². The van der Waals surface area contributed by atoms with E-state index in [2.05, 4.69) is 0 Å². The van der Waals surface area contributed by atoms with Gasteiger partial charge in [0.25, 0.3) is 0 Å². The molecule has 0 amide bonds. The fraction of sp³-hybridized carbons (Fsp3) is 0.238. The van der Waals surface area contributed by atoms with Crippen LogP contribution in [0.15, 0.2) is 52.9 Å². The number of hydrogen-bond donors (Lipinski definition) is 0. The summed E-state index contributed by atoms with van der Waals surface area (Å²) in [5, 5.41) is 18.0. The second kappa shape index (κ2) is 8.61. The Morgan fingerprint density at radius 3 is 2.38 bits per heavy atom. The first-order chi connectivity index (χ1) is 15.0. The lowest BCUT2D eigenvalue weighted by atomic mass is 10.1. The molecule has 0 bridgehead atoms. The van der Waals surface area contributed by atoms with Crippen molar-refractivity contribution in [2.75, 3.05) is 13.1 Å². The molecule has 2 aromatic rings. The molecule has 0 spiro atoms. The number of halogens is 4. The number of nitrogens with zero attached hydrogens (tertiary/aromatic N) is 3. The van der Waals surface area contributed by atoms with Crippen molar-refractivity contribution in [2.45, 2.75) is 24.1 Å². The van der Waals surface area contributed by atoms with E-state index in [4.69, 9.17) is 10.00 Å². The third kappa shape index (κ3) is 4.44. The summed E-state index contributed by atoms with van der Waals surface area (Å²) in [4.78, 5) is -0.548. The summed E-state index contributed by atoms with van der Waals surface area (Å²) in [6.07, 6.45) is -3.89. The summed E-state index contributed by atoms with van der Waals surface area (Å²) in [6, 6.07) is 8.65. The summed E-state index contributed by atoms with van der Waals surface area (Å²) in [6.45, 7) is 1.34. The van der Waals surface area contributed by atoms with Crippen LogP contribution in [0.4, 0.5) is 17.6 Å². The van der Waals surface area contributed by atoms with Crippen molar-refractivity contribution >= 4 is 10.0 Å².